The molecule has 1 heterocycles. The van der Waals surface area contributed by atoms with E-state index in [1.165, 1.54) is 0 Å². The number of hydrogen-bond acceptors (Lipinski definition) is 3. The summed E-state index contributed by atoms with van der Waals surface area (Å²) in [5, 5.41) is 0. The Morgan fingerprint density at radius 1 is 1.28 bits per heavy atom. The first-order valence-electron chi connectivity index (χ1n) is 6.24. The smallest absolute Gasteiger partial charge is 0.226 e. The number of ether oxygens (including phenoxy) is 2. The van der Waals surface area contributed by atoms with E-state index in [1.807, 2.05) is 32.0 Å². The fourth-order valence-electron chi connectivity index (χ4n) is 1.87. The highest BCUT2D eigenvalue weighted by atomic mass is 16.6. The molecule has 0 bridgehead atoms. The molecule has 0 N–H and O–H groups in total. The van der Waals surface area contributed by atoms with Crippen molar-refractivity contribution in [3.63, 3.8) is 0 Å². The van der Waals surface area contributed by atoms with Crippen LogP contribution in [0, 0.1) is 5.92 Å². The number of nitrogens with zero attached hydrogens (tertiary/aromatic N) is 1. The zero-order valence-electron chi connectivity index (χ0n) is 11.1. The van der Waals surface area contributed by atoms with Gasteiger partial charge in [0, 0.05) is 25.2 Å². The summed E-state index contributed by atoms with van der Waals surface area (Å²) < 4.78 is 11.0. The average Bonchev–Trinajstić information content (AvgIpc) is 2.36. The van der Waals surface area contributed by atoms with Crippen molar-refractivity contribution in [2.45, 2.75) is 20.3 Å². The fourth-order valence-corrected chi connectivity index (χ4v) is 1.87. The molecule has 0 aliphatic carbocycles. The number of fused-ring (bicyclic) bond motifs is 1. The van der Waals surface area contributed by atoms with Gasteiger partial charge in [0.1, 0.15) is 13.2 Å². The predicted molar refractivity (Wildman–Crippen MR) is 70.3 cm³/mol. The number of amides is 1. The van der Waals surface area contributed by atoms with E-state index in [9.17, 15) is 4.79 Å². The Kier molecular flexibility index (Phi) is 3.75. The molecule has 0 saturated heterocycles. The summed E-state index contributed by atoms with van der Waals surface area (Å²) in [6, 6.07) is 5.58. The van der Waals surface area contributed by atoms with Crippen molar-refractivity contribution in [3.05, 3.63) is 18.2 Å². The molecule has 2 rings (SSSR count). The second kappa shape index (κ2) is 5.29. The van der Waals surface area contributed by atoms with Crippen molar-refractivity contribution in [2.24, 2.45) is 5.92 Å². The minimum Gasteiger partial charge on any atom is -0.486 e. The van der Waals surface area contributed by atoms with Gasteiger partial charge in [0.15, 0.2) is 11.5 Å². The van der Waals surface area contributed by atoms with Gasteiger partial charge in [-0.1, -0.05) is 13.8 Å². The monoisotopic (exact) mass is 249 g/mol. The Bertz CT molecular complexity index is 443. The average molecular weight is 249 g/mol. The molecule has 1 amide bonds. The molecule has 0 radical (unpaired) electrons. The standard InChI is InChI=1S/C14H19NO3/c1-10(2)8-14(16)15(3)11-4-5-12-13(9-11)18-7-6-17-12/h4-5,9-10H,6-8H2,1-3H3. The second-order valence-corrected chi connectivity index (χ2v) is 4.88. The van der Waals surface area contributed by atoms with E-state index < -0.39 is 0 Å². The minimum absolute atomic E-state index is 0.113. The molecular formula is C14H19NO3. The number of carbonyl (C=O) groups is 1. The van der Waals surface area contributed by atoms with Crippen LogP contribution in [-0.2, 0) is 4.79 Å². The van der Waals surface area contributed by atoms with Crippen LogP contribution in [-0.4, -0.2) is 26.2 Å². The quantitative estimate of drug-likeness (QED) is 0.826. The molecular weight excluding hydrogens is 230 g/mol. The van der Waals surface area contributed by atoms with Gasteiger partial charge in [0.25, 0.3) is 0 Å². The molecule has 1 aliphatic heterocycles. The summed E-state index contributed by atoms with van der Waals surface area (Å²) in [6.45, 7) is 5.21. The van der Waals surface area contributed by atoms with E-state index in [0.717, 1.165) is 11.4 Å². The van der Waals surface area contributed by atoms with E-state index in [-0.39, 0.29) is 5.91 Å². The Balaban J connectivity index is 2.15. The van der Waals surface area contributed by atoms with Gasteiger partial charge >= 0.3 is 0 Å². The lowest BCUT2D eigenvalue weighted by molar-refractivity contribution is -0.119. The van der Waals surface area contributed by atoms with Gasteiger partial charge in [-0.15, -0.1) is 0 Å². The molecule has 4 nitrogen and oxygen atoms in total. The van der Waals surface area contributed by atoms with Gasteiger partial charge in [-0.3, -0.25) is 4.79 Å². The maximum atomic E-state index is 12.0. The van der Waals surface area contributed by atoms with Crippen molar-refractivity contribution in [1.82, 2.24) is 0 Å². The fraction of sp³-hybridized carbons (Fsp3) is 0.500. The van der Waals surface area contributed by atoms with Gasteiger partial charge in [0.2, 0.25) is 5.91 Å². The zero-order chi connectivity index (χ0) is 13.1. The third kappa shape index (κ3) is 2.75. The first-order chi connectivity index (χ1) is 8.58. The maximum absolute atomic E-state index is 12.0. The Hall–Kier alpha value is -1.71. The van der Waals surface area contributed by atoms with Crippen molar-refractivity contribution in [1.29, 1.82) is 0 Å². The van der Waals surface area contributed by atoms with Gasteiger partial charge in [-0.05, 0) is 18.1 Å². The lowest BCUT2D eigenvalue weighted by Crippen LogP contribution is -2.27. The van der Waals surface area contributed by atoms with Crippen LogP contribution in [0.2, 0.25) is 0 Å². The molecule has 1 aliphatic rings. The maximum Gasteiger partial charge on any atom is 0.226 e. The van der Waals surface area contributed by atoms with Crippen LogP contribution in [0.3, 0.4) is 0 Å². The van der Waals surface area contributed by atoms with Crippen LogP contribution in [0.4, 0.5) is 5.69 Å². The van der Waals surface area contributed by atoms with Crippen LogP contribution in [0.15, 0.2) is 18.2 Å². The summed E-state index contributed by atoms with van der Waals surface area (Å²) in [7, 11) is 1.79. The van der Waals surface area contributed by atoms with Crippen molar-refractivity contribution in [2.75, 3.05) is 25.2 Å². The van der Waals surface area contributed by atoms with Crippen LogP contribution in [0.5, 0.6) is 11.5 Å². The number of hydrogen-bond donors (Lipinski definition) is 0. The summed E-state index contributed by atoms with van der Waals surface area (Å²) in [5.41, 5.74) is 0.838. The topological polar surface area (TPSA) is 38.8 Å². The van der Waals surface area contributed by atoms with Crippen LogP contribution in [0.25, 0.3) is 0 Å². The highest BCUT2D eigenvalue weighted by molar-refractivity contribution is 5.93. The molecule has 0 aromatic heterocycles. The van der Waals surface area contributed by atoms with E-state index in [2.05, 4.69) is 0 Å². The molecule has 1 aromatic rings. The van der Waals surface area contributed by atoms with E-state index >= 15 is 0 Å². The number of benzene rings is 1. The first-order valence-corrected chi connectivity index (χ1v) is 6.24. The normalized spacial score (nSPS) is 13.6. The van der Waals surface area contributed by atoms with Crippen molar-refractivity contribution >= 4 is 11.6 Å². The van der Waals surface area contributed by atoms with Crippen LogP contribution < -0.4 is 14.4 Å². The Labute approximate surface area is 107 Å². The van der Waals surface area contributed by atoms with Gasteiger partial charge in [-0.2, -0.15) is 0 Å². The molecule has 1 aromatic carbocycles. The largest absolute Gasteiger partial charge is 0.486 e. The summed E-state index contributed by atoms with van der Waals surface area (Å²) in [5.74, 6) is 1.93. The van der Waals surface area contributed by atoms with Gasteiger partial charge < -0.3 is 14.4 Å². The van der Waals surface area contributed by atoms with Crippen LogP contribution >= 0.6 is 0 Å². The molecule has 0 atom stereocenters. The van der Waals surface area contributed by atoms with Crippen molar-refractivity contribution < 1.29 is 14.3 Å². The molecule has 4 heteroatoms. The summed E-state index contributed by atoms with van der Waals surface area (Å²) in [4.78, 5) is 13.6. The van der Waals surface area contributed by atoms with Gasteiger partial charge in [0.05, 0.1) is 0 Å². The third-order valence-corrected chi connectivity index (χ3v) is 2.87. The zero-order valence-corrected chi connectivity index (χ0v) is 11.1. The number of anilines is 1. The minimum atomic E-state index is 0.113. The molecule has 18 heavy (non-hydrogen) atoms. The number of carbonyl (C=O) groups excluding carboxylic acids is 1. The summed E-state index contributed by atoms with van der Waals surface area (Å²) in [6.07, 6.45) is 0.547. The van der Waals surface area contributed by atoms with Crippen molar-refractivity contribution in [3.8, 4) is 11.5 Å². The Morgan fingerprint density at radius 2 is 1.94 bits per heavy atom. The summed E-state index contributed by atoms with van der Waals surface area (Å²) >= 11 is 0. The van der Waals surface area contributed by atoms with Gasteiger partial charge in [-0.25, -0.2) is 0 Å². The molecule has 0 saturated carbocycles. The third-order valence-electron chi connectivity index (χ3n) is 2.87. The SMILES string of the molecule is CC(C)CC(=O)N(C)c1ccc2c(c1)OCCO2. The first kappa shape index (κ1) is 12.7. The molecule has 0 fully saturated rings. The van der Waals surface area contributed by atoms with E-state index in [1.54, 1.807) is 11.9 Å². The Morgan fingerprint density at radius 3 is 2.61 bits per heavy atom. The highest BCUT2D eigenvalue weighted by Gasteiger charge is 2.16. The predicted octanol–water partition coefficient (Wildman–Crippen LogP) is 2.47. The van der Waals surface area contributed by atoms with Crippen LogP contribution in [0.1, 0.15) is 20.3 Å². The second-order valence-electron chi connectivity index (χ2n) is 4.88. The molecule has 0 unspecified atom stereocenters. The lowest BCUT2D eigenvalue weighted by Gasteiger charge is -2.22. The van der Waals surface area contributed by atoms with E-state index in [4.69, 9.17) is 9.47 Å². The number of rotatable bonds is 3. The molecule has 98 valence electrons. The highest BCUT2D eigenvalue weighted by Crippen LogP contribution is 2.33. The van der Waals surface area contributed by atoms with E-state index in [0.29, 0.717) is 31.3 Å². The molecule has 0 spiro atoms. The lowest BCUT2D eigenvalue weighted by atomic mass is 10.1.